The third-order valence-corrected chi connectivity index (χ3v) is 6.76. The Bertz CT molecular complexity index is 1370. The summed E-state index contributed by atoms with van der Waals surface area (Å²) >= 11 is 0.649. The van der Waals surface area contributed by atoms with Gasteiger partial charge in [0.25, 0.3) is 0 Å². The van der Waals surface area contributed by atoms with Gasteiger partial charge in [-0.2, -0.15) is 10.2 Å². The zero-order chi connectivity index (χ0) is 29.6. The first-order valence-corrected chi connectivity index (χ1v) is 13.1. The summed E-state index contributed by atoms with van der Waals surface area (Å²) in [5.74, 6) is -13.0. The smallest absolute Gasteiger partial charge is 0.191 e. The molecule has 0 amide bonds. The molecule has 3 aromatic carbocycles. The topological polar surface area (TPSA) is 52.7 Å². The van der Waals surface area contributed by atoms with E-state index in [-0.39, 0.29) is 30.2 Å². The van der Waals surface area contributed by atoms with Crippen LogP contribution in [-0.4, -0.2) is 18.8 Å². The molecule has 0 radical (unpaired) electrons. The molecule has 0 aliphatic carbocycles. The Hall–Kier alpha value is -3.55. The molecule has 14 heteroatoms. The first kappa shape index (κ1) is 31.0. The maximum Gasteiger partial charge on any atom is 0.191 e. The molecule has 3 aromatic rings. The lowest BCUT2D eigenvalue weighted by Gasteiger charge is -2.22. The largest absolute Gasteiger partial charge is 0.367 e. The second-order valence-electron chi connectivity index (χ2n) is 8.18. The molecule has 0 heterocycles. The maximum atomic E-state index is 14.5. The summed E-state index contributed by atoms with van der Waals surface area (Å²) in [4.78, 5) is 0.319. The molecule has 0 aliphatic rings. The highest BCUT2D eigenvalue weighted by atomic mass is 32.2. The van der Waals surface area contributed by atoms with Gasteiger partial charge >= 0.3 is 0 Å². The van der Waals surface area contributed by atoms with Crippen LogP contribution < -0.4 is 4.90 Å². The fourth-order valence-electron chi connectivity index (χ4n) is 3.45. The molecular weight excluding hydrogens is 566 g/mol. The Morgan fingerprint density at radius 3 is 1.35 bits per heavy atom. The second kappa shape index (κ2) is 13.7. The van der Waals surface area contributed by atoms with E-state index in [0.717, 1.165) is 11.3 Å². The van der Waals surface area contributed by atoms with E-state index < -0.39 is 68.5 Å². The van der Waals surface area contributed by atoms with Gasteiger partial charge in [-0.05, 0) is 50.3 Å². The quantitative estimate of drug-likeness (QED) is 0.0735. The van der Waals surface area contributed by atoms with Crippen molar-refractivity contribution < 1.29 is 35.1 Å². The lowest BCUT2D eigenvalue weighted by molar-refractivity contribution is 0.428. The van der Waals surface area contributed by atoms with E-state index in [1.165, 1.54) is 24.3 Å². The standard InChI is InChI=1S/C26H23F8N5S/c1-4-7-12-40-26-21(33)17(29)24(18(30)22(26)34)38-36-14-10-8-13(9-11-14)35-37-23-15(27)19(31)25(20(32)16(23)28)39(5-2)6-3/h8-11H,4-7,12H2,1-3H3. The molecule has 40 heavy (non-hydrogen) atoms. The van der Waals surface area contributed by atoms with Crippen LogP contribution in [0.1, 0.15) is 33.6 Å². The predicted octanol–water partition coefficient (Wildman–Crippen LogP) is 10.4. The minimum absolute atomic E-state index is 0.0435. The second-order valence-corrected chi connectivity index (χ2v) is 9.28. The lowest BCUT2D eigenvalue weighted by Crippen LogP contribution is -2.25. The van der Waals surface area contributed by atoms with Crippen molar-refractivity contribution in [3.8, 4) is 0 Å². The molecule has 0 aliphatic heterocycles. The molecule has 0 saturated carbocycles. The van der Waals surface area contributed by atoms with Crippen LogP contribution in [0.3, 0.4) is 0 Å². The monoisotopic (exact) mass is 589 g/mol. The molecule has 0 bridgehead atoms. The molecule has 0 saturated heterocycles. The van der Waals surface area contributed by atoms with E-state index in [0.29, 0.717) is 18.2 Å². The third-order valence-electron chi connectivity index (χ3n) is 5.62. The van der Waals surface area contributed by atoms with Crippen molar-refractivity contribution in [3.63, 3.8) is 0 Å². The van der Waals surface area contributed by atoms with Crippen LogP contribution in [0, 0.1) is 46.5 Å². The maximum absolute atomic E-state index is 14.5. The van der Waals surface area contributed by atoms with E-state index in [9.17, 15) is 35.1 Å². The molecule has 0 unspecified atom stereocenters. The van der Waals surface area contributed by atoms with Crippen LogP contribution in [-0.2, 0) is 0 Å². The Labute approximate surface area is 229 Å². The Morgan fingerprint density at radius 2 is 0.975 bits per heavy atom. The summed E-state index contributed by atoms with van der Waals surface area (Å²) in [6.45, 7) is 5.16. The molecule has 0 spiro atoms. The average Bonchev–Trinajstić information content (AvgIpc) is 2.95. The van der Waals surface area contributed by atoms with Crippen LogP contribution in [0.4, 0.5) is 63.6 Å². The summed E-state index contributed by atoms with van der Waals surface area (Å²) in [5, 5.41) is 13.7. The molecule has 0 atom stereocenters. The Morgan fingerprint density at radius 1 is 0.575 bits per heavy atom. The SMILES string of the molecule is CCCCSc1c(F)c(F)c(N=Nc2ccc(N=Nc3c(F)c(F)c(N(CC)CC)c(F)c3F)cc2)c(F)c1F. The van der Waals surface area contributed by atoms with Gasteiger partial charge in [-0.25, -0.2) is 35.1 Å². The van der Waals surface area contributed by atoms with Crippen molar-refractivity contribution in [1.82, 2.24) is 0 Å². The van der Waals surface area contributed by atoms with Gasteiger partial charge in [0.1, 0.15) is 5.69 Å². The molecule has 5 nitrogen and oxygen atoms in total. The summed E-state index contributed by atoms with van der Waals surface area (Å²) in [6.07, 6.45) is 1.31. The third kappa shape index (κ3) is 6.43. The minimum atomic E-state index is -1.73. The summed E-state index contributed by atoms with van der Waals surface area (Å²) < 4.78 is 115. The number of nitrogens with zero attached hydrogens (tertiary/aromatic N) is 5. The van der Waals surface area contributed by atoms with Gasteiger partial charge in [0.2, 0.25) is 0 Å². The Kier molecular flexibility index (Phi) is 10.6. The first-order valence-electron chi connectivity index (χ1n) is 12.1. The number of benzene rings is 3. The lowest BCUT2D eigenvalue weighted by atomic mass is 10.2. The number of thioether (sulfide) groups is 1. The molecule has 214 valence electrons. The van der Waals surface area contributed by atoms with Gasteiger partial charge in [0.15, 0.2) is 57.9 Å². The summed E-state index contributed by atoms with van der Waals surface area (Å²) in [5.41, 5.74) is -3.48. The van der Waals surface area contributed by atoms with Gasteiger partial charge < -0.3 is 4.90 Å². The predicted molar refractivity (Wildman–Crippen MR) is 137 cm³/mol. The number of anilines is 1. The van der Waals surface area contributed by atoms with Crippen LogP contribution >= 0.6 is 11.8 Å². The van der Waals surface area contributed by atoms with Crippen molar-refractivity contribution in [2.45, 2.75) is 38.5 Å². The van der Waals surface area contributed by atoms with Crippen molar-refractivity contribution >= 4 is 40.2 Å². The van der Waals surface area contributed by atoms with Gasteiger partial charge in [-0.3, -0.25) is 0 Å². The van der Waals surface area contributed by atoms with Crippen molar-refractivity contribution in [2.24, 2.45) is 20.5 Å². The van der Waals surface area contributed by atoms with Gasteiger partial charge in [-0.15, -0.1) is 22.0 Å². The molecule has 0 fully saturated rings. The molecule has 0 N–H and O–H groups in total. The number of hydrogen-bond donors (Lipinski definition) is 0. The number of azo groups is 2. The normalized spacial score (nSPS) is 11.8. The highest BCUT2D eigenvalue weighted by Gasteiger charge is 2.28. The fraction of sp³-hybridized carbons (Fsp3) is 0.308. The first-order chi connectivity index (χ1) is 19.1. The molecular formula is C26H23F8N5S. The number of hydrogen-bond acceptors (Lipinski definition) is 6. The molecule has 3 rings (SSSR count). The highest BCUT2D eigenvalue weighted by Crippen LogP contribution is 2.38. The minimum Gasteiger partial charge on any atom is -0.367 e. The summed E-state index contributed by atoms with van der Waals surface area (Å²) in [6, 6.07) is 4.75. The molecule has 0 aromatic heterocycles. The van der Waals surface area contributed by atoms with Gasteiger partial charge in [-0.1, -0.05) is 13.3 Å². The Balaban J connectivity index is 1.84. The van der Waals surface area contributed by atoms with Crippen LogP contribution in [0.25, 0.3) is 0 Å². The van der Waals surface area contributed by atoms with E-state index >= 15 is 0 Å². The van der Waals surface area contributed by atoms with Crippen molar-refractivity contribution in [2.75, 3.05) is 23.7 Å². The number of halogens is 8. The van der Waals surface area contributed by atoms with Crippen LogP contribution in [0.2, 0.25) is 0 Å². The van der Waals surface area contributed by atoms with Crippen LogP contribution in [0.5, 0.6) is 0 Å². The van der Waals surface area contributed by atoms with E-state index in [4.69, 9.17) is 0 Å². The number of unbranched alkanes of at least 4 members (excludes halogenated alkanes) is 1. The van der Waals surface area contributed by atoms with Gasteiger partial charge in [0, 0.05) is 13.1 Å². The average molecular weight is 590 g/mol. The van der Waals surface area contributed by atoms with Crippen molar-refractivity contribution in [1.29, 1.82) is 0 Å². The summed E-state index contributed by atoms with van der Waals surface area (Å²) in [7, 11) is 0. The zero-order valence-electron chi connectivity index (χ0n) is 21.5. The highest BCUT2D eigenvalue weighted by molar-refractivity contribution is 7.99. The van der Waals surface area contributed by atoms with Crippen molar-refractivity contribution in [3.05, 3.63) is 70.8 Å². The van der Waals surface area contributed by atoms with E-state index in [2.05, 4.69) is 20.5 Å². The van der Waals surface area contributed by atoms with Crippen LogP contribution in [0.15, 0.2) is 49.6 Å². The van der Waals surface area contributed by atoms with Gasteiger partial charge in [0.05, 0.1) is 16.3 Å². The number of rotatable bonds is 11. The van der Waals surface area contributed by atoms with E-state index in [1.807, 2.05) is 6.92 Å². The zero-order valence-corrected chi connectivity index (χ0v) is 22.3. The fourth-order valence-corrected chi connectivity index (χ4v) is 4.52. The van der Waals surface area contributed by atoms with E-state index in [1.54, 1.807) is 13.8 Å².